The molecule has 0 radical (unpaired) electrons. The van der Waals surface area contributed by atoms with Gasteiger partial charge in [-0.05, 0) is 12.1 Å². The molecule has 21 heavy (non-hydrogen) atoms. The lowest BCUT2D eigenvalue weighted by atomic mass is 10.2. The minimum absolute atomic E-state index is 0.133. The predicted octanol–water partition coefficient (Wildman–Crippen LogP) is 0.238. The molecule has 2 aliphatic heterocycles. The van der Waals surface area contributed by atoms with Crippen LogP contribution in [0.25, 0.3) is 0 Å². The molecule has 0 atom stereocenters. The Kier molecular flexibility index (Phi) is 4.10. The van der Waals surface area contributed by atoms with Crippen molar-refractivity contribution in [2.45, 2.75) is 0 Å². The van der Waals surface area contributed by atoms with Gasteiger partial charge in [-0.2, -0.15) is 0 Å². The van der Waals surface area contributed by atoms with Crippen molar-refractivity contribution in [3.63, 3.8) is 0 Å². The van der Waals surface area contributed by atoms with Crippen LogP contribution < -0.4 is 10.6 Å². The number of nitrogens with zero attached hydrogens (tertiary/aromatic N) is 4. The van der Waals surface area contributed by atoms with E-state index >= 15 is 0 Å². The van der Waals surface area contributed by atoms with Crippen LogP contribution in [-0.4, -0.2) is 73.3 Å². The van der Waals surface area contributed by atoms with E-state index in [1.54, 1.807) is 12.3 Å². The number of nitrogen functional groups attached to an aromatic ring is 1. The fraction of sp³-hybridized carbons (Fsp3) is 0.571. The normalized spacial score (nSPS) is 19.7. The van der Waals surface area contributed by atoms with E-state index in [-0.39, 0.29) is 6.03 Å². The first kappa shape index (κ1) is 13.9. The van der Waals surface area contributed by atoms with Crippen molar-refractivity contribution in [2.75, 3.05) is 63.1 Å². The number of carbonyl (C=O) groups excluding carboxylic acids is 1. The van der Waals surface area contributed by atoms with Crippen LogP contribution >= 0.6 is 0 Å². The van der Waals surface area contributed by atoms with E-state index in [2.05, 4.69) is 9.88 Å². The summed E-state index contributed by atoms with van der Waals surface area (Å²) in [6, 6.07) is 3.91. The highest BCUT2D eigenvalue weighted by atomic mass is 16.5. The Morgan fingerprint density at radius 2 is 1.71 bits per heavy atom. The summed E-state index contributed by atoms with van der Waals surface area (Å²) in [4.78, 5) is 22.5. The summed E-state index contributed by atoms with van der Waals surface area (Å²) in [7, 11) is 0. The topological polar surface area (TPSA) is 74.9 Å². The van der Waals surface area contributed by atoms with E-state index in [1.807, 2.05) is 15.9 Å². The molecule has 2 fully saturated rings. The van der Waals surface area contributed by atoms with Crippen molar-refractivity contribution in [3.05, 3.63) is 18.3 Å². The first-order valence-corrected chi connectivity index (χ1v) is 7.32. The zero-order chi connectivity index (χ0) is 14.7. The molecule has 0 spiro atoms. The van der Waals surface area contributed by atoms with Crippen molar-refractivity contribution < 1.29 is 9.53 Å². The highest BCUT2D eigenvalue weighted by Gasteiger charge is 2.26. The van der Waals surface area contributed by atoms with E-state index in [9.17, 15) is 4.79 Å². The van der Waals surface area contributed by atoms with Crippen LogP contribution in [0, 0.1) is 0 Å². The maximum atomic E-state index is 12.4. The number of carbonyl (C=O) groups is 1. The number of hydrogen-bond donors (Lipinski definition) is 1. The van der Waals surface area contributed by atoms with Crippen LogP contribution in [0.5, 0.6) is 0 Å². The van der Waals surface area contributed by atoms with Gasteiger partial charge in [0.25, 0.3) is 0 Å². The molecule has 7 nitrogen and oxygen atoms in total. The Hall–Kier alpha value is -2.02. The first-order valence-electron chi connectivity index (χ1n) is 7.32. The molecule has 0 aliphatic carbocycles. The largest absolute Gasteiger partial charge is 0.384 e. The third-order valence-corrected chi connectivity index (χ3v) is 3.97. The summed E-state index contributed by atoms with van der Waals surface area (Å²) in [5.41, 5.74) is 6.66. The summed E-state index contributed by atoms with van der Waals surface area (Å²) in [6.07, 6.45) is 1.79. The van der Waals surface area contributed by atoms with Gasteiger partial charge in [0.1, 0.15) is 5.82 Å². The number of anilines is 2. The minimum Gasteiger partial charge on any atom is -0.384 e. The predicted molar refractivity (Wildman–Crippen MR) is 80.2 cm³/mol. The number of rotatable bonds is 1. The molecular weight excluding hydrogens is 270 g/mol. The molecule has 0 aromatic carbocycles. The maximum Gasteiger partial charge on any atom is 0.320 e. The van der Waals surface area contributed by atoms with Crippen molar-refractivity contribution in [1.29, 1.82) is 0 Å². The van der Waals surface area contributed by atoms with Crippen LogP contribution in [0.3, 0.4) is 0 Å². The van der Waals surface area contributed by atoms with Crippen molar-refractivity contribution in [3.8, 4) is 0 Å². The monoisotopic (exact) mass is 291 g/mol. The van der Waals surface area contributed by atoms with Crippen molar-refractivity contribution in [1.82, 2.24) is 14.8 Å². The highest BCUT2D eigenvalue weighted by molar-refractivity contribution is 5.75. The number of ether oxygens (including phenoxy) is 1. The second-order valence-electron chi connectivity index (χ2n) is 5.30. The molecule has 0 unspecified atom stereocenters. The lowest BCUT2D eigenvalue weighted by Crippen LogP contribution is -2.54. The smallest absolute Gasteiger partial charge is 0.320 e. The van der Waals surface area contributed by atoms with Gasteiger partial charge in [0.05, 0.1) is 25.1 Å². The van der Waals surface area contributed by atoms with Gasteiger partial charge in [0.2, 0.25) is 0 Å². The number of hydrogen-bond acceptors (Lipinski definition) is 5. The highest BCUT2D eigenvalue weighted by Crippen LogP contribution is 2.17. The summed E-state index contributed by atoms with van der Waals surface area (Å²) in [5.74, 6) is 0.528. The van der Waals surface area contributed by atoms with E-state index in [0.717, 1.165) is 31.9 Å². The number of pyridine rings is 1. The number of amides is 2. The van der Waals surface area contributed by atoms with E-state index in [1.165, 1.54) is 0 Å². The minimum atomic E-state index is 0.133. The summed E-state index contributed by atoms with van der Waals surface area (Å²) in [5, 5.41) is 0. The number of piperazine rings is 1. The molecule has 2 saturated heterocycles. The number of urea groups is 1. The Morgan fingerprint density at radius 3 is 2.33 bits per heavy atom. The number of aromatic nitrogens is 1. The third-order valence-electron chi connectivity index (χ3n) is 3.97. The van der Waals surface area contributed by atoms with Gasteiger partial charge in [-0.1, -0.05) is 0 Å². The lowest BCUT2D eigenvalue weighted by Gasteiger charge is -2.39. The van der Waals surface area contributed by atoms with Gasteiger partial charge in [-0.3, -0.25) is 0 Å². The average Bonchev–Trinajstić information content (AvgIpc) is 2.56. The molecule has 114 valence electrons. The molecule has 2 aliphatic rings. The second-order valence-corrected chi connectivity index (χ2v) is 5.30. The van der Waals surface area contributed by atoms with Gasteiger partial charge >= 0.3 is 6.03 Å². The van der Waals surface area contributed by atoms with Gasteiger partial charge < -0.3 is 25.2 Å². The molecular formula is C14H21N5O2. The molecule has 3 rings (SSSR count). The first-order chi connectivity index (χ1) is 10.2. The molecule has 1 aromatic rings. The van der Waals surface area contributed by atoms with Gasteiger partial charge in [-0.15, -0.1) is 0 Å². The Bertz CT molecular complexity index is 479. The van der Waals surface area contributed by atoms with Crippen LogP contribution in [0.2, 0.25) is 0 Å². The van der Waals surface area contributed by atoms with Crippen LogP contribution in [-0.2, 0) is 4.74 Å². The van der Waals surface area contributed by atoms with E-state index < -0.39 is 0 Å². The van der Waals surface area contributed by atoms with Crippen molar-refractivity contribution >= 4 is 17.5 Å². The standard InChI is InChI=1S/C14H21N5O2/c15-13-2-1-12(11-16-13)17-3-5-18(6-4-17)14(20)19-7-9-21-10-8-19/h1-2,11H,3-10H2,(H2,15,16). The fourth-order valence-corrected chi connectivity index (χ4v) is 2.70. The zero-order valence-corrected chi connectivity index (χ0v) is 12.1. The lowest BCUT2D eigenvalue weighted by molar-refractivity contribution is 0.0428. The van der Waals surface area contributed by atoms with Crippen molar-refractivity contribution in [2.24, 2.45) is 0 Å². The molecule has 7 heteroatoms. The maximum absolute atomic E-state index is 12.4. The molecule has 0 bridgehead atoms. The van der Waals surface area contributed by atoms with E-state index in [4.69, 9.17) is 10.5 Å². The molecule has 0 saturated carbocycles. The Labute approximate surface area is 124 Å². The quantitative estimate of drug-likeness (QED) is 0.802. The summed E-state index contributed by atoms with van der Waals surface area (Å²) in [6.45, 7) is 5.79. The van der Waals surface area contributed by atoms with E-state index in [0.29, 0.717) is 32.1 Å². The molecule has 2 N–H and O–H groups in total. The Balaban J connectivity index is 1.54. The molecule has 1 aromatic heterocycles. The second kappa shape index (κ2) is 6.17. The third kappa shape index (κ3) is 3.18. The number of nitrogens with two attached hydrogens (primary N) is 1. The SMILES string of the molecule is Nc1ccc(N2CCN(C(=O)N3CCOCC3)CC2)cn1. The van der Waals surface area contributed by atoms with Crippen LogP contribution in [0.1, 0.15) is 0 Å². The summed E-state index contributed by atoms with van der Waals surface area (Å²) < 4.78 is 5.28. The summed E-state index contributed by atoms with van der Waals surface area (Å²) >= 11 is 0. The number of morpholine rings is 1. The van der Waals surface area contributed by atoms with Gasteiger partial charge in [0.15, 0.2) is 0 Å². The van der Waals surface area contributed by atoms with Crippen LogP contribution in [0.4, 0.5) is 16.3 Å². The zero-order valence-electron chi connectivity index (χ0n) is 12.1. The Morgan fingerprint density at radius 1 is 1.05 bits per heavy atom. The van der Waals surface area contributed by atoms with Crippen LogP contribution in [0.15, 0.2) is 18.3 Å². The molecule has 2 amide bonds. The average molecular weight is 291 g/mol. The fourth-order valence-electron chi connectivity index (χ4n) is 2.70. The van der Waals surface area contributed by atoms with Gasteiger partial charge in [-0.25, -0.2) is 9.78 Å². The molecule has 3 heterocycles. The van der Waals surface area contributed by atoms with Gasteiger partial charge in [0, 0.05) is 39.3 Å².